The van der Waals surface area contributed by atoms with Gasteiger partial charge in [-0.2, -0.15) is 0 Å². The Kier molecular flexibility index (Phi) is 4.79. The molecular formula is C9H12N2O6. The quantitative estimate of drug-likeness (QED) is 0.467. The van der Waals surface area contributed by atoms with Crippen molar-refractivity contribution >= 4 is 17.8 Å². The molecule has 0 saturated carbocycles. The standard InChI is InChI=1S/C9H12N2O6/c1-6(12)10-11-8(13)5-17-9(14)7-4-15-2-3-16-7/h4H,2-3,5H2,1H3,(H,10,12)(H,11,13). The summed E-state index contributed by atoms with van der Waals surface area (Å²) in [6, 6.07) is 0. The topological polar surface area (TPSA) is 103 Å². The van der Waals surface area contributed by atoms with Crippen LogP contribution in [0.1, 0.15) is 6.92 Å². The molecule has 8 nitrogen and oxygen atoms in total. The Morgan fingerprint density at radius 3 is 2.71 bits per heavy atom. The van der Waals surface area contributed by atoms with Gasteiger partial charge in [0.15, 0.2) is 6.61 Å². The molecular weight excluding hydrogens is 232 g/mol. The number of ether oxygens (including phenoxy) is 3. The van der Waals surface area contributed by atoms with Crippen molar-refractivity contribution in [2.45, 2.75) is 6.92 Å². The van der Waals surface area contributed by atoms with Gasteiger partial charge in [0.2, 0.25) is 11.7 Å². The zero-order valence-electron chi connectivity index (χ0n) is 9.15. The van der Waals surface area contributed by atoms with Crippen LogP contribution in [-0.4, -0.2) is 37.6 Å². The van der Waals surface area contributed by atoms with Gasteiger partial charge in [-0.05, 0) is 0 Å². The van der Waals surface area contributed by atoms with Crippen LogP contribution in [0.3, 0.4) is 0 Å². The molecule has 0 aromatic heterocycles. The van der Waals surface area contributed by atoms with Crippen molar-refractivity contribution in [1.82, 2.24) is 10.9 Å². The first kappa shape index (κ1) is 12.8. The first-order valence-electron chi connectivity index (χ1n) is 4.76. The molecule has 94 valence electrons. The molecule has 17 heavy (non-hydrogen) atoms. The molecule has 0 unspecified atom stereocenters. The highest BCUT2D eigenvalue weighted by molar-refractivity contribution is 5.89. The molecule has 0 radical (unpaired) electrons. The molecule has 2 N–H and O–H groups in total. The van der Waals surface area contributed by atoms with Gasteiger partial charge >= 0.3 is 5.97 Å². The maximum atomic E-state index is 11.3. The van der Waals surface area contributed by atoms with Crippen LogP contribution in [0.4, 0.5) is 0 Å². The van der Waals surface area contributed by atoms with Crippen molar-refractivity contribution in [2.24, 2.45) is 0 Å². The Bertz CT molecular complexity index is 351. The highest BCUT2D eigenvalue weighted by atomic mass is 16.6. The van der Waals surface area contributed by atoms with E-state index in [-0.39, 0.29) is 12.4 Å². The molecule has 0 aromatic rings. The lowest BCUT2D eigenvalue weighted by Crippen LogP contribution is -2.42. The van der Waals surface area contributed by atoms with Crippen molar-refractivity contribution in [3.63, 3.8) is 0 Å². The Morgan fingerprint density at radius 1 is 1.35 bits per heavy atom. The predicted octanol–water partition coefficient (Wildman–Crippen LogP) is -1.41. The maximum absolute atomic E-state index is 11.3. The Balaban J connectivity index is 2.25. The highest BCUT2D eigenvalue weighted by Gasteiger charge is 2.17. The van der Waals surface area contributed by atoms with E-state index in [2.05, 4.69) is 4.74 Å². The van der Waals surface area contributed by atoms with Gasteiger partial charge in [0.25, 0.3) is 5.91 Å². The summed E-state index contributed by atoms with van der Waals surface area (Å²) in [5.41, 5.74) is 4.08. The summed E-state index contributed by atoms with van der Waals surface area (Å²) in [7, 11) is 0. The van der Waals surface area contributed by atoms with Gasteiger partial charge in [0.05, 0.1) is 0 Å². The molecule has 2 amide bonds. The van der Waals surface area contributed by atoms with E-state index in [0.717, 1.165) is 6.26 Å². The molecule has 0 fully saturated rings. The molecule has 1 rings (SSSR count). The van der Waals surface area contributed by atoms with Gasteiger partial charge in [-0.25, -0.2) is 4.79 Å². The number of amides is 2. The summed E-state index contributed by atoms with van der Waals surface area (Å²) in [5.74, 6) is -1.99. The van der Waals surface area contributed by atoms with Crippen LogP contribution in [0.5, 0.6) is 0 Å². The average Bonchev–Trinajstić information content (AvgIpc) is 2.34. The number of hydrogen-bond donors (Lipinski definition) is 2. The monoisotopic (exact) mass is 244 g/mol. The minimum Gasteiger partial charge on any atom is -0.493 e. The van der Waals surface area contributed by atoms with Crippen LogP contribution in [0.25, 0.3) is 0 Å². The lowest BCUT2D eigenvalue weighted by atomic mass is 10.5. The fourth-order valence-corrected chi connectivity index (χ4v) is 0.871. The first-order valence-corrected chi connectivity index (χ1v) is 4.76. The van der Waals surface area contributed by atoms with Crippen LogP contribution in [0.15, 0.2) is 12.0 Å². The maximum Gasteiger partial charge on any atom is 0.377 e. The van der Waals surface area contributed by atoms with E-state index >= 15 is 0 Å². The van der Waals surface area contributed by atoms with E-state index in [9.17, 15) is 14.4 Å². The zero-order chi connectivity index (χ0) is 12.7. The summed E-state index contributed by atoms with van der Waals surface area (Å²) in [4.78, 5) is 32.8. The van der Waals surface area contributed by atoms with Gasteiger partial charge in [0, 0.05) is 6.92 Å². The lowest BCUT2D eigenvalue weighted by Gasteiger charge is -2.14. The van der Waals surface area contributed by atoms with Crippen molar-refractivity contribution in [3.05, 3.63) is 12.0 Å². The fraction of sp³-hybridized carbons (Fsp3) is 0.444. The molecule has 1 aliphatic heterocycles. The molecule has 0 saturated heterocycles. The molecule has 0 atom stereocenters. The normalized spacial score (nSPS) is 13.6. The summed E-state index contributed by atoms with van der Waals surface area (Å²) in [5, 5.41) is 0. The fourth-order valence-electron chi connectivity index (χ4n) is 0.871. The van der Waals surface area contributed by atoms with Crippen LogP contribution in [0, 0.1) is 0 Å². The minimum atomic E-state index is -0.803. The number of carbonyl (C=O) groups is 3. The third kappa shape index (κ3) is 4.87. The lowest BCUT2D eigenvalue weighted by molar-refractivity contribution is -0.149. The molecule has 8 heteroatoms. The largest absolute Gasteiger partial charge is 0.493 e. The SMILES string of the molecule is CC(=O)NNC(=O)COC(=O)C1=COCCO1. The van der Waals surface area contributed by atoms with E-state index < -0.39 is 24.4 Å². The molecule has 0 aliphatic carbocycles. The van der Waals surface area contributed by atoms with Gasteiger partial charge < -0.3 is 14.2 Å². The van der Waals surface area contributed by atoms with Gasteiger partial charge in [-0.1, -0.05) is 0 Å². The Labute approximate surface area is 96.9 Å². The second-order valence-corrected chi connectivity index (χ2v) is 3.01. The number of esters is 1. The van der Waals surface area contributed by atoms with Crippen LogP contribution >= 0.6 is 0 Å². The third-order valence-corrected chi connectivity index (χ3v) is 1.56. The molecule has 0 bridgehead atoms. The Morgan fingerprint density at radius 2 is 2.12 bits per heavy atom. The summed E-state index contributed by atoms with van der Waals surface area (Å²) in [6.07, 6.45) is 1.12. The summed E-state index contributed by atoms with van der Waals surface area (Å²) >= 11 is 0. The minimum absolute atomic E-state index is 0.0939. The van der Waals surface area contributed by atoms with Crippen LogP contribution < -0.4 is 10.9 Å². The number of nitrogens with one attached hydrogen (secondary N) is 2. The third-order valence-electron chi connectivity index (χ3n) is 1.56. The molecule has 0 aromatic carbocycles. The molecule has 1 aliphatic rings. The predicted molar refractivity (Wildman–Crippen MR) is 52.9 cm³/mol. The second-order valence-electron chi connectivity index (χ2n) is 3.01. The molecule has 1 heterocycles. The van der Waals surface area contributed by atoms with E-state index in [4.69, 9.17) is 9.47 Å². The van der Waals surface area contributed by atoms with E-state index in [0.29, 0.717) is 6.61 Å². The average molecular weight is 244 g/mol. The van der Waals surface area contributed by atoms with Gasteiger partial charge in [0.1, 0.15) is 19.5 Å². The number of hydrogen-bond acceptors (Lipinski definition) is 6. The van der Waals surface area contributed by atoms with Crippen molar-refractivity contribution in [3.8, 4) is 0 Å². The molecule has 0 spiro atoms. The van der Waals surface area contributed by atoms with Crippen molar-refractivity contribution in [1.29, 1.82) is 0 Å². The highest BCUT2D eigenvalue weighted by Crippen LogP contribution is 2.05. The summed E-state index contributed by atoms with van der Waals surface area (Å²) < 4.78 is 14.4. The zero-order valence-corrected chi connectivity index (χ0v) is 9.15. The number of carbonyl (C=O) groups excluding carboxylic acids is 3. The first-order chi connectivity index (χ1) is 8.09. The van der Waals surface area contributed by atoms with E-state index in [1.165, 1.54) is 6.92 Å². The van der Waals surface area contributed by atoms with Crippen molar-refractivity contribution in [2.75, 3.05) is 19.8 Å². The van der Waals surface area contributed by atoms with Gasteiger partial charge in [-0.15, -0.1) is 0 Å². The second kappa shape index (κ2) is 6.36. The van der Waals surface area contributed by atoms with Crippen LogP contribution in [-0.2, 0) is 28.6 Å². The Hall–Kier alpha value is -2.25. The number of hydrazine groups is 1. The number of rotatable bonds is 3. The van der Waals surface area contributed by atoms with E-state index in [1.54, 1.807) is 0 Å². The smallest absolute Gasteiger partial charge is 0.377 e. The summed E-state index contributed by atoms with van der Waals surface area (Å²) in [6.45, 7) is 1.31. The van der Waals surface area contributed by atoms with E-state index in [1.807, 2.05) is 10.9 Å². The van der Waals surface area contributed by atoms with Crippen LogP contribution in [0.2, 0.25) is 0 Å². The van der Waals surface area contributed by atoms with Crippen molar-refractivity contribution < 1.29 is 28.6 Å². The van der Waals surface area contributed by atoms with Gasteiger partial charge in [-0.3, -0.25) is 20.4 Å².